The van der Waals surface area contributed by atoms with Crippen LogP contribution in [0.5, 0.6) is 0 Å². The molecule has 1 heterocycles. The molecule has 0 unspecified atom stereocenters. The van der Waals surface area contributed by atoms with Crippen LogP contribution in [0.25, 0.3) is 0 Å². The molecule has 15 heavy (non-hydrogen) atoms. The van der Waals surface area contributed by atoms with Crippen molar-refractivity contribution in [1.29, 1.82) is 0 Å². The first-order chi connectivity index (χ1) is 7.43. The smallest absolute Gasteiger partial charge is 0.0451 e. The second-order valence-corrected chi connectivity index (χ2v) is 2.91. The average molecular weight is 201 g/mol. The molecule has 0 saturated heterocycles. The molecule has 2 rings (SSSR count). The third-order valence-electron chi connectivity index (χ3n) is 1.70. The fourth-order valence-corrected chi connectivity index (χ4v) is 1.05. The molecule has 0 saturated carbocycles. The zero-order valence-electron chi connectivity index (χ0n) is 8.80. The fourth-order valence-electron chi connectivity index (χ4n) is 1.05. The van der Waals surface area contributed by atoms with Crippen molar-refractivity contribution in [2.45, 2.75) is 6.54 Å². The summed E-state index contributed by atoms with van der Waals surface area (Å²) in [6, 6.07) is 10.3. The third-order valence-corrected chi connectivity index (χ3v) is 1.70. The molecule has 0 amide bonds. The van der Waals surface area contributed by atoms with Gasteiger partial charge >= 0.3 is 0 Å². The molecule has 78 valence electrons. The summed E-state index contributed by atoms with van der Waals surface area (Å²) in [5.41, 5.74) is 1.33. The van der Waals surface area contributed by atoms with Crippen molar-refractivity contribution < 1.29 is 0 Å². The van der Waals surface area contributed by atoms with Crippen molar-refractivity contribution in [3.63, 3.8) is 0 Å². The highest BCUT2D eigenvalue weighted by Gasteiger charge is 1.83. The maximum atomic E-state index is 3.72. The zero-order chi connectivity index (χ0) is 10.8. The van der Waals surface area contributed by atoms with Crippen LogP contribution in [0.1, 0.15) is 5.56 Å². The first-order valence-electron chi connectivity index (χ1n) is 4.82. The highest BCUT2D eigenvalue weighted by atomic mass is 14.8. The molecule has 0 fully saturated rings. The number of hydrogen-bond donors (Lipinski definition) is 1. The Morgan fingerprint density at radius 3 is 1.87 bits per heavy atom. The molecule has 0 aliphatic carbocycles. The van der Waals surface area contributed by atoms with Gasteiger partial charge in [0.1, 0.15) is 0 Å². The van der Waals surface area contributed by atoms with Gasteiger partial charge in [0.05, 0.1) is 0 Å². The molecule has 0 aliphatic rings. The topological polar surface area (TPSA) is 37.8 Å². The lowest BCUT2D eigenvalue weighted by Gasteiger charge is -1.95. The minimum absolute atomic E-state index is 0.959. The van der Waals surface area contributed by atoms with Gasteiger partial charge in [-0.3, -0.25) is 9.97 Å². The zero-order valence-corrected chi connectivity index (χ0v) is 8.80. The van der Waals surface area contributed by atoms with Crippen LogP contribution in [0.2, 0.25) is 0 Å². The van der Waals surface area contributed by atoms with Gasteiger partial charge in [0, 0.05) is 31.3 Å². The van der Waals surface area contributed by atoms with E-state index in [-0.39, 0.29) is 0 Å². The highest BCUT2D eigenvalue weighted by molar-refractivity contribution is 5.13. The summed E-state index contributed by atoms with van der Waals surface area (Å²) < 4.78 is 0. The van der Waals surface area contributed by atoms with E-state index >= 15 is 0 Å². The van der Waals surface area contributed by atoms with Crippen molar-refractivity contribution in [3.05, 3.63) is 60.7 Å². The van der Waals surface area contributed by atoms with Crippen LogP contribution in [-0.4, -0.2) is 17.0 Å². The van der Waals surface area contributed by atoms with Crippen molar-refractivity contribution in [2.75, 3.05) is 7.05 Å². The summed E-state index contributed by atoms with van der Waals surface area (Å²) in [6.45, 7) is 0.959. The Morgan fingerprint density at radius 2 is 1.47 bits per heavy atom. The molecule has 0 spiro atoms. The van der Waals surface area contributed by atoms with Gasteiger partial charge < -0.3 is 5.32 Å². The van der Waals surface area contributed by atoms with E-state index < -0.39 is 0 Å². The summed E-state index contributed by atoms with van der Waals surface area (Å²) in [5.74, 6) is 0. The summed E-state index contributed by atoms with van der Waals surface area (Å²) >= 11 is 0. The quantitative estimate of drug-likeness (QED) is 0.806. The molecule has 3 nitrogen and oxygen atoms in total. The van der Waals surface area contributed by atoms with E-state index in [9.17, 15) is 0 Å². The van der Waals surface area contributed by atoms with Crippen molar-refractivity contribution in [3.8, 4) is 0 Å². The SMILES string of the molecule is CNCc1ccccc1.c1cnccn1. The van der Waals surface area contributed by atoms with Gasteiger partial charge in [-0.15, -0.1) is 0 Å². The molecule has 1 aromatic heterocycles. The summed E-state index contributed by atoms with van der Waals surface area (Å²) in [6.07, 6.45) is 6.56. The maximum absolute atomic E-state index is 3.72. The molecule has 3 heteroatoms. The van der Waals surface area contributed by atoms with E-state index in [4.69, 9.17) is 0 Å². The van der Waals surface area contributed by atoms with Gasteiger partial charge in [-0.2, -0.15) is 0 Å². The molecule has 1 N–H and O–H groups in total. The Hall–Kier alpha value is -1.74. The monoisotopic (exact) mass is 201 g/mol. The normalized spacial score (nSPS) is 8.87. The van der Waals surface area contributed by atoms with Crippen molar-refractivity contribution in [2.24, 2.45) is 0 Å². The summed E-state index contributed by atoms with van der Waals surface area (Å²) in [7, 11) is 1.95. The Labute approximate surface area is 90.2 Å². The van der Waals surface area contributed by atoms with E-state index in [1.807, 2.05) is 25.2 Å². The predicted octanol–water partition coefficient (Wildman–Crippen LogP) is 1.88. The molecule has 0 aliphatic heterocycles. The lowest BCUT2D eigenvalue weighted by Crippen LogP contribution is -2.04. The largest absolute Gasteiger partial charge is 0.316 e. The van der Waals surface area contributed by atoms with Crippen LogP contribution in [0.3, 0.4) is 0 Å². The number of benzene rings is 1. The third kappa shape index (κ3) is 5.54. The van der Waals surface area contributed by atoms with Gasteiger partial charge in [-0.25, -0.2) is 0 Å². The van der Waals surface area contributed by atoms with Crippen LogP contribution in [0.15, 0.2) is 55.1 Å². The Balaban J connectivity index is 0.000000162. The van der Waals surface area contributed by atoms with Gasteiger partial charge in [0.2, 0.25) is 0 Å². The van der Waals surface area contributed by atoms with Gasteiger partial charge in [0.25, 0.3) is 0 Å². The Kier molecular flexibility index (Phi) is 5.78. The van der Waals surface area contributed by atoms with E-state index in [0.29, 0.717) is 0 Å². The number of hydrogen-bond acceptors (Lipinski definition) is 3. The van der Waals surface area contributed by atoms with Gasteiger partial charge in [-0.05, 0) is 12.6 Å². The van der Waals surface area contributed by atoms with Crippen LogP contribution in [0, 0.1) is 0 Å². The van der Waals surface area contributed by atoms with E-state index in [2.05, 4.69) is 27.4 Å². The first-order valence-corrected chi connectivity index (χ1v) is 4.82. The maximum Gasteiger partial charge on any atom is 0.0451 e. The van der Waals surface area contributed by atoms with Crippen LogP contribution in [-0.2, 0) is 6.54 Å². The molecule has 2 aromatic rings. The average Bonchev–Trinajstić information content (AvgIpc) is 2.34. The number of nitrogens with one attached hydrogen (secondary N) is 1. The van der Waals surface area contributed by atoms with Crippen molar-refractivity contribution in [1.82, 2.24) is 15.3 Å². The van der Waals surface area contributed by atoms with Gasteiger partial charge in [0.15, 0.2) is 0 Å². The van der Waals surface area contributed by atoms with Crippen LogP contribution < -0.4 is 5.32 Å². The Morgan fingerprint density at radius 1 is 0.933 bits per heavy atom. The molecular weight excluding hydrogens is 186 g/mol. The lowest BCUT2D eigenvalue weighted by atomic mass is 10.2. The molecule has 0 radical (unpaired) electrons. The van der Waals surface area contributed by atoms with Crippen LogP contribution in [0.4, 0.5) is 0 Å². The van der Waals surface area contributed by atoms with Crippen LogP contribution >= 0.6 is 0 Å². The summed E-state index contributed by atoms with van der Waals surface area (Å²) in [4.78, 5) is 7.44. The lowest BCUT2D eigenvalue weighted by molar-refractivity contribution is 0.818. The minimum Gasteiger partial charge on any atom is -0.316 e. The second kappa shape index (κ2) is 7.64. The second-order valence-electron chi connectivity index (χ2n) is 2.91. The minimum atomic E-state index is 0.959. The van der Waals surface area contributed by atoms with E-state index in [0.717, 1.165) is 6.54 Å². The van der Waals surface area contributed by atoms with E-state index in [1.54, 1.807) is 24.8 Å². The summed E-state index contributed by atoms with van der Waals surface area (Å²) in [5, 5.41) is 3.08. The first kappa shape index (κ1) is 11.3. The molecule has 0 atom stereocenters. The van der Waals surface area contributed by atoms with Gasteiger partial charge in [-0.1, -0.05) is 30.3 Å². The highest BCUT2D eigenvalue weighted by Crippen LogP contribution is 1.95. The molecule has 0 bridgehead atoms. The van der Waals surface area contributed by atoms with E-state index in [1.165, 1.54) is 5.56 Å². The molecule has 1 aromatic carbocycles. The predicted molar refractivity (Wildman–Crippen MR) is 61.2 cm³/mol. The number of aromatic nitrogens is 2. The Bertz CT molecular complexity index is 308. The van der Waals surface area contributed by atoms with Crippen molar-refractivity contribution >= 4 is 0 Å². The number of rotatable bonds is 2. The fraction of sp³-hybridized carbons (Fsp3) is 0.167. The standard InChI is InChI=1S/C8H11N.C4H4N2/c1-9-7-8-5-3-2-4-6-8;1-2-6-4-3-5-1/h2-6,9H,7H2,1H3;1-4H. The molecular formula is C12H15N3. The number of nitrogens with zero attached hydrogens (tertiary/aromatic N) is 2.